The molecule has 1 unspecified atom stereocenters. The molecule has 1 heterocycles. The molecule has 0 aromatic heterocycles. The number of nitrogens with zero attached hydrogens (tertiary/aromatic N) is 1. The van der Waals surface area contributed by atoms with Crippen LogP contribution in [-0.4, -0.2) is 29.2 Å². The summed E-state index contributed by atoms with van der Waals surface area (Å²) in [5.74, 6) is -3.57. The number of imide groups is 1. The fourth-order valence-electron chi connectivity index (χ4n) is 3.84. The van der Waals surface area contributed by atoms with E-state index in [0.29, 0.717) is 11.1 Å². The van der Waals surface area contributed by atoms with Gasteiger partial charge in [-0.05, 0) is 54.3 Å². The maximum absolute atomic E-state index is 13.7. The molecule has 3 aromatic carbocycles. The van der Waals surface area contributed by atoms with Crippen LogP contribution >= 0.6 is 0 Å². The number of halogens is 2. The van der Waals surface area contributed by atoms with E-state index in [2.05, 4.69) is 5.32 Å². The van der Waals surface area contributed by atoms with Crippen LogP contribution < -0.4 is 5.32 Å². The molecule has 0 saturated carbocycles. The zero-order chi connectivity index (χ0) is 23.0. The monoisotopic (exact) mass is 434 g/mol. The Bertz CT molecular complexity index is 1240. The molecule has 0 bridgehead atoms. The Morgan fingerprint density at radius 3 is 2.25 bits per heavy atom. The molecule has 1 aliphatic heterocycles. The number of ketones is 1. The smallest absolute Gasteiger partial charge is 0.315 e. The average molecular weight is 434 g/mol. The van der Waals surface area contributed by atoms with Gasteiger partial charge in [-0.25, -0.2) is 13.6 Å². The lowest BCUT2D eigenvalue weighted by Crippen LogP contribution is -2.45. The molecule has 162 valence electrons. The molecular weight excluding hydrogens is 414 g/mol. The second kappa shape index (κ2) is 8.00. The van der Waals surface area contributed by atoms with Crippen LogP contribution in [0.25, 0.3) is 0 Å². The number of urea groups is 1. The first-order valence-corrected chi connectivity index (χ1v) is 9.99. The maximum atomic E-state index is 13.7. The van der Waals surface area contributed by atoms with E-state index in [1.807, 2.05) is 26.0 Å². The van der Waals surface area contributed by atoms with E-state index >= 15 is 0 Å². The number of rotatable bonds is 5. The average Bonchev–Trinajstić information content (AvgIpc) is 3.03. The molecule has 0 spiro atoms. The van der Waals surface area contributed by atoms with Crippen LogP contribution in [-0.2, 0) is 10.3 Å². The Hall–Kier alpha value is -3.87. The quantitative estimate of drug-likeness (QED) is 0.482. The summed E-state index contributed by atoms with van der Waals surface area (Å²) in [5.41, 5.74) is 1.44. The molecule has 1 aliphatic rings. The number of hydrogen-bond acceptors (Lipinski definition) is 3. The summed E-state index contributed by atoms with van der Waals surface area (Å²) in [6.07, 6.45) is 0. The highest BCUT2D eigenvalue weighted by molar-refractivity contribution is 6.13. The minimum Gasteiger partial charge on any atom is -0.315 e. The second-order valence-corrected chi connectivity index (χ2v) is 7.79. The number of benzene rings is 3. The van der Waals surface area contributed by atoms with Gasteiger partial charge in [0.05, 0.1) is 6.54 Å². The number of amides is 3. The zero-order valence-electron chi connectivity index (χ0n) is 17.5. The molecule has 0 aliphatic carbocycles. The van der Waals surface area contributed by atoms with Gasteiger partial charge in [-0.1, -0.05) is 48.5 Å². The molecule has 5 nitrogen and oxygen atoms in total. The summed E-state index contributed by atoms with van der Waals surface area (Å²) < 4.78 is 26.8. The predicted octanol–water partition coefficient (Wildman–Crippen LogP) is 4.26. The number of nitrogens with one attached hydrogen (secondary N) is 1. The number of hydrogen-bond donors (Lipinski definition) is 1. The van der Waals surface area contributed by atoms with E-state index in [0.717, 1.165) is 34.2 Å². The van der Waals surface area contributed by atoms with Crippen molar-refractivity contribution in [3.05, 3.63) is 106 Å². The van der Waals surface area contributed by atoms with Gasteiger partial charge in [0, 0.05) is 5.56 Å². The molecule has 32 heavy (non-hydrogen) atoms. The van der Waals surface area contributed by atoms with Crippen molar-refractivity contribution in [1.82, 2.24) is 10.2 Å². The number of carbonyl (C=O) groups is 3. The van der Waals surface area contributed by atoms with Crippen LogP contribution in [0, 0.1) is 25.5 Å². The second-order valence-electron chi connectivity index (χ2n) is 7.79. The highest BCUT2D eigenvalue weighted by Gasteiger charge is 2.54. The Morgan fingerprint density at radius 2 is 1.59 bits per heavy atom. The first-order valence-electron chi connectivity index (χ1n) is 9.99. The van der Waals surface area contributed by atoms with Crippen LogP contribution in [0.3, 0.4) is 0 Å². The largest absolute Gasteiger partial charge is 0.325 e. The number of Topliss-reactive ketones (excluding diaryl/α,β-unsaturated/α-hetero) is 1. The third-order valence-corrected chi connectivity index (χ3v) is 5.80. The SMILES string of the molecule is Cc1ccc(C2(c3ccccc3)NC(=O)N(CC(=O)c3ccc(F)c(F)c3)C2=O)cc1C. The summed E-state index contributed by atoms with van der Waals surface area (Å²) in [5, 5.41) is 2.77. The lowest BCUT2D eigenvalue weighted by molar-refractivity contribution is -0.129. The van der Waals surface area contributed by atoms with Gasteiger partial charge in [0.1, 0.15) is 0 Å². The first-order chi connectivity index (χ1) is 15.2. The van der Waals surface area contributed by atoms with Gasteiger partial charge >= 0.3 is 6.03 Å². The van der Waals surface area contributed by atoms with Gasteiger partial charge in [0.25, 0.3) is 5.91 Å². The standard InChI is InChI=1S/C25H20F2N2O3/c1-15-8-10-19(12-16(15)2)25(18-6-4-3-5-7-18)23(31)29(24(32)28-25)14-22(30)17-9-11-20(26)21(27)13-17/h3-13H,14H2,1-2H3,(H,28,32). The summed E-state index contributed by atoms with van der Waals surface area (Å²) in [7, 11) is 0. The molecule has 1 atom stereocenters. The lowest BCUT2D eigenvalue weighted by Gasteiger charge is -2.28. The molecule has 7 heteroatoms. The summed E-state index contributed by atoms with van der Waals surface area (Å²) >= 11 is 0. The fraction of sp³-hybridized carbons (Fsp3) is 0.160. The van der Waals surface area contributed by atoms with Crippen molar-refractivity contribution in [1.29, 1.82) is 0 Å². The Balaban J connectivity index is 1.75. The molecule has 1 saturated heterocycles. The van der Waals surface area contributed by atoms with Crippen molar-refractivity contribution in [2.75, 3.05) is 6.54 Å². The maximum Gasteiger partial charge on any atom is 0.325 e. The molecule has 4 rings (SSSR count). The van der Waals surface area contributed by atoms with Gasteiger partial charge in [-0.15, -0.1) is 0 Å². The third kappa shape index (κ3) is 3.45. The summed E-state index contributed by atoms with van der Waals surface area (Å²) in [6.45, 7) is 3.24. The zero-order valence-corrected chi connectivity index (χ0v) is 17.5. The van der Waals surface area contributed by atoms with Crippen LogP contribution in [0.4, 0.5) is 13.6 Å². The first kappa shape index (κ1) is 21.4. The van der Waals surface area contributed by atoms with Gasteiger partial charge in [-0.2, -0.15) is 0 Å². The van der Waals surface area contributed by atoms with Crippen LogP contribution in [0.2, 0.25) is 0 Å². The molecule has 1 N–H and O–H groups in total. The van der Waals surface area contributed by atoms with Crippen LogP contribution in [0.15, 0.2) is 66.7 Å². The molecule has 1 fully saturated rings. The number of aryl methyl sites for hydroxylation is 2. The van der Waals surface area contributed by atoms with Gasteiger partial charge in [0.15, 0.2) is 23.0 Å². The van der Waals surface area contributed by atoms with Gasteiger partial charge < -0.3 is 5.32 Å². The summed E-state index contributed by atoms with van der Waals surface area (Å²) in [6, 6.07) is 16.2. The molecule has 3 aromatic rings. The molecule has 0 radical (unpaired) electrons. The van der Waals surface area contributed by atoms with E-state index < -0.39 is 41.4 Å². The van der Waals surface area contributed by atoms with E-state index in [-0.39, 0.29) is 5.56 Å². The lowest BCUT2D eigenvalue weighted by atomic mass is 9.81. The minimum atomic E-state index is -1.51. The van der Waals surface area contributed by atoms with Crippen molar-refractivity contribution in [3.8, 4) is 0 Å². The van der Waals surface area contributed by atoms with Crippen molar-refractivity contribution in [2.24, 2.45) is 0 Å². The topological polar surface area (TPSA) is 66.5 Å². The fourth-order valence-corrected chi connectivity index (χ4v) is 3.84. The van der Waals surface area contributed by atoms with E-state index in [1.165, 1.54) is 0 Å². The molecule has 3 amide bonds. The Kier molecular flexibility index (Phi) is 5.34. The van der Waals surface area contributed by atoms with E-state index in [9.17, 15) is 23.2 Å². The van der Waals surface area contributed by atoms with Crippen molar-refractivity contribution < 1.29 is 23.2 Å². The van der Waals surface area contributed by atoms with E-state index in [1.54, 1.807) is 36.4 Å². The van der Waals surface area contributed by atoms with Crippen molar-refractivity contribution in [3.63, 3.8) is 0 Å². The third-order valence-electron chi connectivity index (χ3n) is 5.80. The summed E-state index contributed by atoms with van der Waals surface area (Å²) in [4.78, 5) is 40.1. The molecular formula is C25H20F2N2O3. The predicted molar refractivity (Wildman–Crippen MR) is 114 cm³/mol. The van der Waals surface area contributed by atoms with Gasteiger partial charge in [-0.3, -0.25) is 14.5 Å². The van der Waals surface area contributed by atoms with Crippen molar-refractivity contribution in [2.45, 2.75) is 19.4 Å². The van der Waals surface area contributed by atoms with E-state index in [4.69, 9.17) is 0 Å². The normalized spacial score (nSPS) is 18.1. The highest BCUT2D eigenvalue weighted by Crippen LogP contribution is 2.37. The Labute approximate surface area is 183 Å². The van der Waals surface area contributed by atoms with Crippen LogP contribution in [0.1, 0.15) is 32.6 Å². The van der Waals surface area contributed by atoms with Gasteiger partial charge in [0.2, 0.25) is 0 Å². The number of carbonyl (C=O) groups excluding carboxylic acids is 3. The minimum absolute atomic E-state index is 0.132. The van der Waals surface area contributed by atoms with Crippen LogP contribution in [0.5, 0.6) is 0 Å². The van der Waals surface area contributed by atoms with Crippen molar-refractivity contribution >= 4 is 17.7 Å². The Morgan fingerprint density at radius 1 is 0.875 bits per heavy atom. The highest BCUT2D eigenvalue weighted by atomic mass is 19.2.